The molecule has 0 aliphatic rings. The third kappa shape index (κ3) is 3.31. The third-order valence-electron chi connectivity index (χ3n) is 2.83. The molecule has 1 heterocycles. The van der Waals surface area contributed by atoms with Gasteiger partial charge in [0.15, 0.2) is 0 Å². The maximum absolute atomic E-state index is 11.1. The first-order valence-electron chi connectivity index (χ1n) is 6.02. The van der Waals surface area contributed by atoms with E-state index in [1.807, 2.05) is 32.2 Å². The average Bonchev–Trinajstić information content (AvgIpc) is 2.75. The zero-order chi connectivity index (χ0) is 13.8. The van der Waals surface area contributed by atoms with Gasteiger partial charge in [-0.3, -0.25) is 9.48 Å². The summed E-state index contributed by atoms with van der Waals surface area (Å²) >= 11 is 0. The van der Waals surface area contributed by atoms with Crippen LogP contribution in [0.4, 0.5) is 11.4 Å². The van der Waals surface area contributed by atoms with Crippen LogP contribution < -0.4 is 10.6 Å². The van der Waals surface area contributed by atoms with Crippen LogP contribution in [0.25, 0.3) is 0 Å². The molecule has 0 radical (unpaired) electrons. The van der Waals surface area contributed by atoms with Crippen LogP contribution in [0.1, 0.15) is 18.2 Å². The van der Waals surface area contributed by atoms with Gasteiger partial charge in [0, 0.05) is 25.3 Å². The van der Waals surface area contributed by atoms with Crippen LogP contribution in [0, 0.1) is 6.92 Å². The molecular weight excluding hydrogens is 242 g/mol. The molecule has 19 heavy (non-hydrogen) atoms. The summed E-state index contributed by atoms with van der Waals surface area (Å²) < 4.78 is 1.72. The van der Waals surface area contributed by atoms with E-state index in [2.05, 4.69) is 20.9 Å². The lowest BCUT2D eigenvalue weighted by Crippen LogP contribution is -2.09. The largest absolute Gasteiger partial charge is 0.379 e. The Balaban J connectivity index is 2.08. The van der Waals surface area contributed by atoms with E-state index >= 15 is 0 Å². The number of hydrogen-bond donors (Lipinski definition) is 2. The number of nitrogens with zero attached hydrogens (tertiary/aromatic N) is 3. The minimum absolute atomic E-state index is 0.0731. The lowest BCUT2D eigenvalue weighted by atomic mass is 10.1. The molecule has 6 heteroatoms. The molecule has 6 nitrogen and oxygen atoms in total. The van der Waals surface area contributed by atoms with E-state index < -0.39 is 0 Å². The number of amides is 1. The van der Waals surface area contributed by atoms with Gasteiger partial charge >= 0.3 is 0 Å². The molecule has 1 aromatic heterocycles. The van der Waals surface area contributed by atoms with E-state index in [1.54, 1.807) is 10.9 Å². The molecule has 2 N–H and O–H groups in total. The van der Waals surface area contributed by atoms with Gasteiger partial charge in [-0.25, -0.2) is 0 Å². The van der Waals surface area contributed by atoms with E-state index in [-0.39, 0.29) is 5.91 Å². The zero-order valence-electron chi connectivity index (χ0n) is 11.3. The number of anilines is 2. The van der Waals surface area contributed by atoms with E-state index in [1.165, 1.54) is 6.92 Å². The molecule has 0 aliphatic carbocycles. The van der Waals surface area contributed by atoms with Crippen molar-refractivity contribution in [2.75, 3.05) is 10.6 Å². The van der Waals surface area contributed by atoms with Crippen molar-refractivity contribution in [2.45, 2.75) is 20.4 Å². The van der Waals surface area contributed by atoms with Crippen molar-refractivity contribution in [2.24, 2.45) is 7.05 Å². The van der Waals surface area contributed by atoms with Gasteiger partial charge in [0.1, 0.15) is 0 Å². The summed E-state index contributed by atoms with van der Waals surface area (Å²) in [6.45, 7) is 4.09. The smallest absolute Gasteiger partial charge is 0.221 e. The summed E-state index contributed by atoms with van der Waals surface area (Å²) in [5, 5.41) is 13.8. The van der Waals surface area contributed by atoms with Crippen molar-refractivity contribution in [3.8, 4) is 0 Å². The van der Waals surface area contributed by atoms with E-state index in [4.69, 9.17) is 0 Å². The highest BCUT2D eigenvalue weighted by Crippen LogP contribution is 2.20. The summed E-state index contributed by atoms with van der Waals surface area (Å²) in [7, 11) is 1.85. The number of aromatic nitrogens is 3. The monoisotopic (exact) mass is 259 g/mol. The summed E-state index contributed by atoms with van der Waals surface area (Å²) in [5.41, 5.74) is 3.78. The summed E-state index contributed by atoms with van der Waals surface area (Å²) in [6.07, 6.45) is 1.72. The molecule has 0 aliphatic heterocycles. The minimum Gasteiger partial charge on any atom is -0.379 e. The predicted molar refractivity (Wildman–Crippen MR) is 73.8 cm³/mol. The lowest BCUT2D eigenvalue weighted by Gasteiger charge is -2.11. The van der Waals surface area contributed by atoms with Gasteiger partial charge < -0.3 is 10.6 Å². The number of nitrogens with one attached hydrogen (secondary N) is 2. The van der Waals surface area contributed by atoms with Crippen molar-refractivity contribution in [1.29, 1.82) is 0 Å². The summed E-state index contributed by atoms with van der Waals surface area (Å²) in [5.74, 6) is -0.0731. The van der Waals surface area contributed by atoms with Gasteiger partial charge in [-0.05, 0) is 24.6 Å². The quantitative estimate of drug-likeness (QED) is 0.876. The second-order valence-corrected chi connectivity index (χ2v) is 4.41. The Morgan fingerprint density at radius 2 is 2.21 bits per heavy atom. The van der Waals surface area contributed by atoms with E-state index in [0.29, 0.717) is 6.54 Å². The first-order valence-corrected chi connectivity index (χ1v) is 6.02. The summed E-state index contributed by atoms with van der Waals surface area (Å²) in [6, 6.07) is 5.86. The number of carbonyl (C=O) groups excluding carboxylic acids is 1. The Bertz CT molecular complexity index is 590. The number of hydrogen-bond acceptors (Lipinski definition) is 4. The molecule has 100 valence electrons. The number of carbonyl (C=O) groups is 1. The maximum atomic E-state index is 11.1. The Hall–Kier alpha value is -2.37. The Labute approximate surface area is 111 Å². The molecule has 2 aromatic rings. The average molecular weight is 259 g/mol. The Kier molecular flexibility index (Phi) is 3.79. The van der Waals surface area contributed by atoms with Gasteiger partial charge in [0.05, 0.1) is 18.4 Å². The molecule has 0 spiro atoms. The van der Waals surface area contributed by atoms with Gasteiger partial charge in [-0.1, -0.05) is 11.3 Å². The predicted octanol–water partition coefficient (Wildman–Crippen LogP) is 1.69. The van der Waals surface area contributed by atoms with Crippen molar-refractivity contribution in [3.05, 3.63) is 35.7 Å². The lowest BCUT2D eigenvalue weighted by molar-refractivity contribution is -0.114. The highest BCUT2D eigenvalue weighted by molar-refractivity contribution is 5.90. The van der Waals surface area contributed by atoms with Crippen molar-refractivity contribution in [3.63, 3.8) is 0 Å². The zero-order valence-corrected chi connectivity index (χ0v) is 11.3. The second-order valence-electron chi connectivity index (χ2n) is 4.41. The normalized spacial score (nSPS) is 10.3. The minimum atomic E-state index is -0.0731. The molecule has 0 saturated carbocycles. The molecule has 2 rings (SSSR count). The first kappa shape index (κ1) is 13.1. The fourth-order valence-corrected chi connectivity index (χ4v) is 1.72. The van der Waals surface area contributed by atoms with Crippen molar-refractivity contribution >= 4 is 17.3 Å². The van der Waals surface area contributed by atoms with Crippen molar-refractivity contribution < 1.29 is 4.79 Å². The first-order chi connectivity index (χ1) is 9.06. The van der Waals surface area contributed by atoms with Gasteiger partial charge in [-0.2, -0.15) is 0 Å². The van der Waals surface area contributed by atoms with Crippen LogP contribution in [0.15, 0.2) is 24.4 Å². The Morgan fingerprint density at radius 1 is 1.42 bits per heavy atom. The highest BCUT2D eigenvalue weighted by Gasteiger charge is 2.03. The van der Waals surface area contributed by atoms with Gasteiger partial charge in [0.25, 0.3) is 0 Å². The third-order valence-corrected chi connectivity index (χ3v) is 2.83. The number of rotatable bonds is 4. The van der Waals surface area contributed by atoms with E-state index in [0.717, 1.165) is 22.6 Å². The van der Waals surface area contributed by atoms with Crippen LogP contribution in [0.2, 0.25) is 0 Å². The Morgan fingerprint density at radius 3 is 2.84 bits per heavy atom. The van der Waals surface area contributed by atoms with E-state index in [9.17, 15) is 4.79 Å². The molecule has 1 aromatic carbocycles. The fraction of sp³-hybridized carbons (Fsp3) is 0.308. The molecule has 0 bridgehead atoms. The topological polar surface area (TPSA) is 71.8 Å². The van der Waals surface area contributed by atoms with Crippen LogP contribution >= 0.6 is 0 Å². The van der Waals surface area contributed by atoms with Gasteiger partial charge in [0.2, 0.25) is 5.91 Å². The molecule has 1 amide bonds. The SMILES string of the molecule is CC(=O)Nc1cc(NCc2cnnn2C)ccc1C. The van der Waals surface area contributed by atoms with Crippen molar-refractivity contribution in [1.82, 2.24) is 15.0 Å². The number of benzene rings is 1. The van der Waals surface area contributed by atoms with Crippen LogP contribution in [0.5, 0.6) is 0 Å². The molecule has 0 unspecified atom stereocenters. The molecular formula is C13H17N5O. The fourth-order valence-electron chi connectivity index (χ4n) is 1.72. The highest BCUT2D eigenvalue weighted by atomic mass is 16.1. The van der Waals surface area contributed by atoms with Gasteiger partial charge in [-0.15, -0.1) is 5.10 Å². The van der Waals surface area contributed by atoms with Crippen LogP contribution in [-0.4, -0.2) is 20.9 Å². The summed E-state index contributed by atoms with van der Waals surface area (Å²) in [4.78, 5) is 11.1. The molecule has 0 atom stereocenters. The maximum Gasteiger partial charge on any atom is 0.221 e. The van der Waals surface area contributed by atoms with Crippen LogP contribution in [0.3, 0.4) is 0 Å². The molecule has 0 fully saturated rings. The van der Waals surface area contributed by atoms with Crippen LogP contribution in [-0.2, 0) is 18.4 Å². The molecule has 0 saturated heterocycles. The standard InChI is InChI=1S/C13H17N5O/c1-9-4-5-11(6-13(9)16-10(2)19)14-7-12-8-15-17-18(12)3/h4-6,8,14H,7H2,1-3H3,(H,16,19). The second kappa shape index (κ2) is 5.51. The number of aryl methyl sites for hydroxylation is 2.